The first-order chi connectivity index (χ1) is 6.83. The van der Waals surface area contributed by atoms with Gasteiger partial charge in [0.15, 0.2) is 0 Å². The zero-order chi connectivity index (χ0) is 10.2. The van der Waals surface area contributed by atoms with Gasteiger partial charge < -0.3 is 0 Å². The average Bonchev–Trinajstić information content (AvgIpc) is 2.20. The van der Waals surface area contributed by atoms with Crippen molar-refractivity contribution in [2.45, 2.75) is 18.6 Å². The Balaban J connectivity index is 2.16. The molecule has 0 fully saturated rings. The molecule has 0 bridgehead atoms. The van der Waals surface area contributed by atoms with E-state index in [0.29, 0.717) is 5.92 Å². The van der Waals surface area contributed by atoms with Gasteiger partial charge in [0.1, 0.15) is 0 Å². The first kappa shape index (κ1) is 11.6. The first-order valence-corrected chi connectivity index (χ1v) is 6.22. The molecular formula is C13H18S. The molecule has 14 heavy (non-hydrogen) atoms. The van der Waals surface area contributed by atoms with E-state index in [-0.39, 0.29) is 0 Å². The van der Waals surface area contributed by atoms with Gasteiger partial charge in [-0.3, -0.25) is 0 Å². The molecule has 0 spiro atoms. The number of thioether (sulfide) groups is 1. The zero-order valence-electron chi connectivity index (χ0n) is 8.61. The summed E-state index contributed by atoms with van der Waals surface area (Å²) in [7, 11) is 0. The lowest BCUT2D eigenvalue weighted by atomic mass is 10.1. The standard InChI is InChI=1S/C13H18S/c1-3-7-12(2)10-14-11-13-8-5-4-6-9-13/h4-6,8-9,12H,1-3,7,10-11H2. The molecule has 76 valence electrons. The Morgan fingerprint density at radius 3 is 2.57 bits per heavy atom. The molecule has 1 aromatic carbocycles. The van der Waals surface area contributed by atoms with Crippen LogP contribution < -0.4 is 0 Å². The van der Waals surface area contributed by atoms with Gasteiger partial charge in [-0.15, -0.1) is 0 Å². The SMILES string of the molecule is [CH2]CCC([CH2])CSCc1ccccc1. The van der Waals surface area contributed by atoms with E-state index in [1.54, 1.807) is 0 Å². The Morgan fingerprint density at radius 2 is 1.93 bits per heavy atom. The molecule has 0 nitrogen and oxygen atoms in total. The fourth-order valence-electron chi connectivity index (χ4n) is 1.29. The summed E-state index contributed by atoms with van der Waals surface area (Å²) in [6.07, 6.45) is 2.14. The van der Waals surface area contributed by atoms with Crippen molar-refractivity contribution in [1.29, 1.82) is 0 Å². The van der Waals surface area contributed by atoms with Gasteiger partial charge >= 0.3 is 0 Å². The van der Waals surface area contributed by atoms with Crippen molar-refractivity contribution in [3.63, 3.8) is 0 Å². The Kier molecular flexibility index (Phi) is 5.77. The Hall–Kier alpha value is -0.430. The smallest absolute Gasteiger partial charge is 0.0184 e. The van der Waals surface area contributed by atoms with Gasteiger partial charge in [0.25, 0.3) is 0 Å². The molecule has 0 N–H and O–H groups in total. The highest BCUT2D eigenvalue weighted by Gasteiger charge is 2.00. The van der Waals surface area contributed by atoms with Crippen LogP contribution in [0.1, 0.15) is 18.4 Å². The molecule has 0 amide bonds. The molecule has 1 rings (SSSR count). The van der Waals surface area contributed by atoms with E-state index in [1.807, 2.05) is 11.8 Å². The monoisotopic (exact) mass is 206 g/mol. The van der Waals surface area contributed by atoms with Crippen LogP contribution >= 0.6 is 11.8 Å². The summed E-state index contributed by atoms with van der Waals surface area (Å²) in [5.74, 6) is 2.80. The number of hydrogen-bond acceptors (Lipinski definition) is 1. The third-order valence-corrected chi connectivity index (χ3v) is 3.32. The van der Waals surface area contributed by atoms with Crippen molar-refractivity contribution in [2.75, 3.05) is 5.75 Å². The number of benzene rings is 1. The zero-order valence-corrected chi connectivity index (χ0v) is 9.43. The molecule has 1 unspecified atom stereocenters. The predicted octanol–water partition coefficient (Wildman–Crippen LogP) is 3.98. The van der Waals surface area contributed by atoms with Crippen LogP contribution in [0.5, 0.6) is 0 Å². The van der Waals surface area contributed by atoms with Crippen LogP contribution in [0.2, 0.25) is 0 Å². The van der Waals surface area contributed by atoms with Gasteiger partial charge in [-0.2, -0.15) is 11.8 Å². The topological polar surface area (TPSA) is 0 Å². The second-order valence-corrected chi connectivity index (χ2v) is 4.54. The maximum Gasteiger partial charge on any atom is 0.0184 e. The van der Waals surface area contributed by atoms with Gasteiger partial charge in [0.2, 0.25) is 0 Å². The molecule has 0 aromatic heterocycles. The van der Waals surface area contributed by atoms with Gasteiger partial charge in [-0.1, -0.05) is 43.7 Å². The Bertz CT molecular complexity index is 230. The van der Waals surface area contributed by atoms with Crippen LogP contribution in [-0.2, 0) is 5.75 Å². The van der Waals surface area contributed by atoms with Gasteiger partial charge in [-0.05, 0) is 30.6 Å². The highest BCUT2D eigenvalue weighted by Crippen LogP contribution is 2.17. The van der Waals surface area contributed by atoms with Crippen LogP contribution in [0.15, 0.2) is 30.3 Å². The van der Waals surface area contributed by atoms with E-state index >= 15 is 0 Å². The molecule has 0 aliphatic heterocycles. The second kappa shape index (κ2) is 6.94. The van der Waals surface area contributed by atoms with E-state index in [4.69, 9.17) is 0 Å². The van der Waals surface area contributed by atoms with Crippen molar-refractivity contribution in [3.05, 3.63) is 49.7 Å². The Morgan fingerprint density at radius 1 is 1.21 bits per heavy atom. The van der Waals surface area contributed by atoms with Gasteiger partial charge in [-0.25, -0.2) is 0 Å². The third kappa shape index (κ3) is 4.71. The maximum atomic E-state index is 4.10. The number of hydrogen-bond donors (Lipinski definition) is 0. The minimum absolute atomic E-state index is 0.557. The highest BCUT2D eigenvalue weighted by atomic mass is 32.2. The summed E-state index contributed by atoms with van der Waals surface area (Å²) < 4.78 is 0. The molecular weight excluding hydrogens is 188 g/mol. The van der Waals surface area contributed by atoms with Crippen LogP contribution in [0, 0.1) is 19.8 Å². The maximum absolute atomic E-state index is 4.10. The molecule has 0 heterocycles. The van der Waals surface area contributed by atoms with Crippen molar-refractivity contribution >= 4 is 11.8 Å². The third-order valence-electron chi connectivity index (χ3n) is 2.08. The van der Waals surface area contributed by atoms with Crippen LogP contribution in [0.25, 0.3) is 0 Å². The fraction of sp³-hybridized carbons (Fsp3) is 0.385. The predicted molar refractivity (Wildman–Crippen MR) is 66.0 cm³/mol. The van der Waals surface area contributed by atoms with Crippen molar-refractivity contribution in [1.82, 2.24) is 0 Å². The average molecular weight is 206 g/mol. The van der Waals surface area contributed by atoms with Gasteiger partial charge in [0, 0.05) is 5.75 Å². The molecule has 1 heteroatoms. The minimum Gasteiger partial charge on any atom is -0.157 e. The lowest BCUT2D eigenvalue weighted by Crippen LogP contribution is -1.98. The van der Waals surface area contributed by atoms with Crippen LogP contribution in [0.3, 0.4) is 0 Å². The highest BCUT2D eigenvalue weighted by molar-refractivity contribution is 7.98. The lowest BCUT2D eigenvalue weighted by molar-refractivity contribution is 0.662. The summed E-state index contributed by atoms with van der Waals surface area (Å²) in [6, 6.07) is 10.6. The van der Waals surface area contributed by atoms with Crippen molar-refractivity contribution in [2.24, 2.45) is 5.92 Å². The molecule has 0 aliphatic rings. The van der Waals surface area contributed by atoms with Gasteiger partial charge in [0.05, 0.1) is 0 Å². The lowest BCUT2D eigenvalue weighted by Gasteiger charge is -2.08. The molecule has 0 saturated carbocycles. The first-order valence-electron chi connectivity index (χ1n) is 5.07. The van der Waals surface area contributed by atoms with Crippen LogP contribution in [0.4, 0.5) is 0 Å². The molecule has 0 aliphatic carbocycles. The summed E-state index contributed by atoms with van der Waals surface area (Å²) in [5, 5.41) is 0. The van der Waals surface area contributed by atoms with Crippen molar-refractivity contribution < 1.29 is 0 Å². The molecule has 2 radical (unpaired) electrons. The molecule has 1 atom stereocenters. The van der Waals surface area contributed by atoms with E-state index in [2.05, 4.69) is 44.2 Å². The second-order valence-electron chi connectivity index (χ2n) is 3.51. The normalized spacial score (nSPS) is 12.7. The fourth-order valence-corrected chi connectivity index (χ4v) is 2.34. The van der Waals surface area contributed by atoms with E-state index in [9.17, 15) is 0 Å². The Labute approximate surface area is 92.1 Å². The van der Waals surface area contributed by atoms with Crippen molar-refractivity contribution in [3.8, 4) is 0 Å². The number of rotatable bonds is 6. The largest absolute Gasteiger partial charge is 0.157 e. The summed E-state index contributed by atoms with van der Waals surface area (Å²) >= 11 is 1.96. The minimum atomic E-state index is 0.557. The summed E-state index contributed by atoms with van der Waals surface area (Å²) in [4.78, 5) is 0. The summed E-state index contributed by atoms with van der Waals surface area (Å²) in [5.41, 5.74) is 1.40. The van der Waals surface area contributed by atoms with E-state index < -0.39 is 0 Å². The van der Waals surface area contributed by atoms with E-state index in [0.717, 1.165) is 24.3 Å². The van der Waals surface area contributed by atoms with E-state index in [1.165, 1.54) is 5.56 Å². The summed E-state index contributed by atoms with van der Waals surface area (Å²) in [6.45, 7) is 7.94. The molecule has 0 saturated heterocycles. The van der Waals surface area contributed by atoms with Crippen LogP contribution in [-0.4, -0.2) is 5.75 Å². The quantitative estimate of drug-likeness (QED) is 0.678. The molecule has 1 aromatic rings.